The number of aromatic nitrogens is 3. The molecule has 172 valence electrons. The van der Waals surface area contributed by atoms with E-state index in [4.69, 9.17) is 21.3 Å². The van der Waals surface area contributed by atoms with E-state index in [-0.39, 0.29) is 5.91 Å². The number of amides is 1. The van der Waals surface area contributed by atoms with Gasteiger partial charge in [0, 0.05) is 31.0 Å². The number of nitrogens with zero attached hydrogens (tertiary/aromatic N) is 5. The van der Waals surface area contributed by atoms with Crippen LogP contribution in [0.25, 0.3) is 0 Å². The first-order valence-corrected chi connectivity index (χ1v) is 12.2. The van der Waals surface area contributed by atoms with E-state index in [1.54, 1.807) is 24.5 Å². The average Bonchev–Trinajstić information content (AvgIpc) is 3.45. The van der Waals surface area contributed by atoms with Crippen molar-refractivity contribution in [2.24, 2.45) is 5.92 Å². The number of thioether (sulfide) groups is 1. The first-order chi connectivity index (χ1) is 16.0. The number of nitrogens with one attached hydrogen (secondary N) is 1. The Morgan fingerprint density at radius 2 is 2.15 bits per heavy atom. The highest BCUT2D eigenvalue weighted by Crippen LogP contribution is 2.27. The molecule has 1 N–H and O–H groups in total. The summed E-state index contributed by atoms with van der Waals surface area (Å²) < 4.78 is 7.62. The van der Waals surface area contributed by atoms with Crippen molar-refractivity contribution in [3.8, 4) is 6.07 Å². The van der Waals surface area contributed by atoms with E-state index in [2.05, 4.69) is 31.9 Å². The normalized spacial score (nSPS) is 14.3. The summed E-state index contributed by atoms with van der Waals surface area (Å²) in [5, 5.41) is 21.7. The number of carbonyl (C=O) groups is 1. The Hall–Kier alpha value is -2.96. The fraction of sp³-hybridized carbons (Fsp3) is 0.391. The average molecular weight is 485 g/mol. The van der Waals surface area contributed by atoms with Gasteiger partial charge in [0.25, 0.3) is 0 Å². The number of furan rings is 1. The van der Waals surface area contributed by atoms with Gasteiger partial charge in [-0.3, -0.25) is 9.36 Å². The number of benzene rings is 1. The largest absolute Gasteiger partial charge is 0.467 e. The van der Waals surface area contributed by atoms with Crippen molar-refractivity contribution in [3.05, 3.63) is 52.9 Å². The standard InChI is InChI=1S/C23H25ClN6O2S/c1-16-6-9-29(10-7-16)22-27-28-23(30(22)15-19-3-2-11-32-19)33-12-8-21(31)26-18-5-4-17(14-25)20(24)13-18/h2-5,11,13,16H,6-10,12,15H2,1H3,(H,26,31). The minimum Gasteiger partial charge on any atom is -0.467 e. The van der Waals surface area contributed by atoms with E-state index < -0.39 is 0 Å². The van der Waals surface area contributed by atoms with Gasteiger partial charge in [-0.2, -0.15) is 5.26 Å². The highest BCUT2D eigenvalue weighted by atomic mass is 35.5. The van der Waals surface area contributed by atoms with E-state index in [1.165, 1.54) is 11.8 Å². The van der Waals surface area contributed by atoms with E-state index in [1.807, 2.05) is 18.2 Å². The summed E-state index contributed by atoms with van der Waals surface area (Å²) in [6.45, 7) is 4.73. The highest BCUT2D eigenvalue weighted by Gasteiger charge is 2.23. The first kappa shape index (κ1) is 23.2. The van der Waals surface area contributed by atoms with Gasteiger partial charge in [-0.25, -0.2) is 0 Å². The number of piperidine rings is 1. The van der Waals surface area contributed by atoms with Crippen molar-refractivity contribution in [2.75, 3.05) is 29.1 Å². The SMILES string of the molecule is CC1CCN(c2nnc(SCCC(=O)Nc3ccc(C#N)c(Cl)c3)n2Cc2ccco2)CC1. The fourth-order valence-electron chi connectivity index (χ4n) is 3.67. The molecule has 1 saturated heterocycles. The van der Waals surface area contributed by atoms with Crippen molar-refractivity contribution >= 4 is 40.9 Å². The van der Waals surface area contributed by atoms with Gasteiger partial charge in [0.15, 0.2) is 5.16 Å². The Morgan fingerprint density at radius 3 is 2.85 bits per heavy atom. The van der Waals surface area contributed by atoms with E-state index in [0.29, 0.717) is 35.0 Å². The third-order valence-electron chi connectivity index (χ3n) is 5.59. The maximum atomic E-state index is 12.4. The predicted molar refractivity (Wildman–Crippen MR) is 129 cm³/mol. The fourth-order valence-corrected chi connectivity index (χ4v) is 4.76. The molecule has 1 fully saturated rings. The molecule has 0 unspecified atom stereocenters. The second kappa shape index (κ2) is 10.8. The number of hydrogen-bond donors (Lipinski definition) is 1. The van der Waals surface area contributed by atoms with Crippen LogP contribution in [0.1, 0.15) is 37.5 Å². The smallest absolute Gasteiger partial charge is 0.228 e. The van der Waals surface area contributed by atoms with Crippen LogP contribution in [0.2, 0.25) is 5.02 Å². The lowest BCUT2D eigenvalue weighted by molar-refractivity contribution is -0.115. The number of halogens is 1. The molecule has 33 heavy (non-hydrogen) atoms. The van der Waals surface area contributed by atoms with Crippen LogP contribution in [-0.4, -0.2) is 39.5 Å². The number of rotatable bonds is 8. The van der Waals surface area contributed by atoms with E-state index in [0.717, 1.165) is 48.7 Å². The molecule has 1 amide bonds. The van der Waals surface area contributed by atoms with Crippen LogP contribution in [-0.2, 0) is 11.3 Å². The zero-order chi connectivity index (χ0) is 23.2. The van der Waals surface area contributed by atoms with E-state index in [9.17, 15) is 4.79 Å². The molecule has 10 heteroatoms. The Kier molecular flexibility index (Phi) is 7.57. The molecular weight excluding hydrogens is 460 g/mol. The number of anilines is 2. The van der Waals surface area contributed by atoms with Crippen LogP contribution in [0.3, 0.4) is 0 Å². The molecule has 1 aromatic carbocycles. The maximum Gasteiger partial charge on any atom is 0.228 e. The number of nitriles is 1. The van der Waals surface area contributed by atoms with Gasteiger partial charge in [-0.05, 0) is 49.1 Å². The minimum absolute atomic E-state index is 0.134. The molecule has 8 nitrogen and oxygen atoms in total. The molecule has 2 aromatic heterocycles. The molecule has 0 spiro atoms. The van der Waals surface area contributed by atoms with Crippen LogP contribution in [0, 0.1) is 17.2 Å². The molecule has 0 bridgehead atoms. The van der Waals surface area contributed by atoms with Crippen LogP contribution < -0.4 is 10.2 Å². The Balaban J connectivity index is 1.39. The lowest BCUT2D eigenvalue weighted by Gasteiger charge is -2.31. The Bertz CT molecular complexity index is 1130. The maximum absolute atomic E-state index is 12.4. The minimum atomic E-state index is -0.134. The molecule has 0 saturated carbocycles. The highest BCUT2D eigenvalue weighted by molar-refractivity contribution is 7.99. The zero-order valence-corrected chi connectivity index (χ0v) is 19.9. The third kappa shape index (κ3) is 5.89. The van der Waals surface area contributed by atoms with Gasteiger partial charge < -0.3 is 14.6 Å². The number of carbonyl (C=O) groups excluding carboxylic acids is 1. The molecule has 3 aromatic rings. The van der Waals surface area contributed by atoms with Crippen LogP contribution >= 0.6 is 23.4 Å². The Morgan fingerprint density at radius 1 is 1.33 bits per heavy atom. The monoisotopic (exact) mass is 484 g/mol. The first-order valence-electron chi connectivity index (χ1n) is 10.9. The van der Waals surface area contributed by atoms with Crippen molar-refractivity contribution in [1.29, 1.82) is 5.26 Å². The van der Waals surface area contributed by atoms with Gasteiger partial charge >= 0.3 is 0 Å². The molecular formula is C23H25ClN6O2S. The summed E-state index contributed by atoms with van der Waals surface area (Å²) in [4.78, 5) is 14.7. The van der Waals surface area contributed by atoms with Crippen LogP contribution in [0.15, 0.2) is 46.2 Å². The lowest BCUT2D eigenvalue weighted by Crippen LogP contribution is -2.35. The second-order valence-electron chi connectivity index (χ2n) is 8.07. The van der Waals surface area contributed by atoms with Crippen molar-refractivity contribution < 1.29 is 9.21 Å². The van der Waals surface area contributed by atoms with Crippen molar-refractivity contribution in [2.45, 2.75) is 37.9 Å². The van der Waals surface area contributed by atoms with E-state index >= 15 is 0 Å². The van der Waals surface area contributed by atoms with Crippen molar-refractivity contribution in [3.63, 3.8) is 0 Å². The zero-order valence-electron chi connectivity index (χ0n) is 18.3. The van der Waals surface area contributed by atoms with Gasteiger partial charge in [0.2, 0.25) is 11.9 Å². The molecule has 0 aliphatic carbocycles. The Labute approximate surface area is 201 Å². The summed E-state index contributed by atoms with van der Waals surface area (Å²) >= 11 is 7.53. The topological polar surface area (TPSA) is 100.0 Å². The predicted octanol–water partition coefficient (Wildman–Crippen LogP) is 4.80. The summed E-state index contributed by atoms with van der Waals surface area (Å²) in [6.07, 6.45) is 4.23. The van der Waals surface area contributed by atoms with Gasteiger partial charge in [-0.1, -0.05) is 30.3 Å². The summed E-state index contributed by atoms with van der Waals surface area (Å²) in [5.41, 5.74) is 0.941. The third-order valence-corrected chi connectivity index (χ3v) is 6.87. The summed E-state index contributed by atoms with van der Waals surface area (Å²) in [7, 11) is 0. The molecule has 4 rings (SSSR count). The van der Waals surface area contributed by atoms with Gasteiger partial charge in [0.05, 0.1) is 23.4 Å². The molecule has 0 radical (unpaired) electrons. The second-order valence-corrected chi connectivity index (χ2v) is 9.54. The van der Waals surface area contributed by atoms with Gasteiger partial charge in [-0.15, -0.1) is 10.2 Å². The molecule has 0 atom stereocenters. The molecule has 1 aliphatic rings. The molecule has 3 heterocycles. The van der Waals surface area contributed by atoms with Crippen LogP contribution in [0.4, 0.5) is 11.6 Å². The number of hydrogen-bond acceptors (Lipinski definition) is 7. The van der Waals surface area contributed by atoms with Crippen LogP contribution in [0.5, 0.6) is 0 Å². The quantitative estimate of drug-likeness (QED) is 0.458. The molecule has 1 aliphatic heterocycles. The van der Waals surface area contributed by atoms with Gasteiger partial charge in [0.1, 0.15) is 11.8 Å². The summed E-state index contributed by atoms with van der Waals surface area (Å²) in [6, 6.07) is 10.6. The lowest BCUT2D eigenvalue weighted by atomic mass is 10.00. The summed E-state index contributed by atoms with van der Waals surface area (Å²) in [5.74, 6) is 2.81. The van der Waals surface area contributed by atoms with Crippen molar-refractivity contribution in [1.82, 2.24) is 14.8 Å².